The molecular weight excluding hydrogens is 480 g/mol. The summed E-state index contributed by atoms with van der Waals surface area (Å²) in [6.45, 7) is 0. The Morgan fingerprint density at radius 3 is 1.52 bits per heavy atom. The first-order valence-electron chi connectivity index (χ1n) is 13.9. The molecule has 8 aromatic rings. The van der Waals surface area contributed by atoms with Crippen molar-refractivity contribution in [2.24, 2.45) is 0 Å². The number of hydrogen-bond acceptors (Lipinski definition) is 0. The van der Waals surface area contributed by atoms with E-state index < -0.39 is 0 Å². The molecular formula is C40H26. The van der Waals surface area contributed by atoms with Gasteiger partial charge in [0.15, 0.2) is 0 Å². The molecule has 0 aliphatic carbocycles. The number of rotatable bonds is 3. The lowest BCUT2D eigenvalue weighted by molar-refractivity contribution is 1.64. The molecule has 0 heteroatoms. The molecule has 0 nitrogen and oxygen atoms in total. The van der Waals surface area contributed by atoms with Crippen molar-refractivity contribution in [3.63, 3.8) is 0 Å². The molecule has 0 fully saturated rings. The third-order valence-electron chi connectivity index (χ3n) is 8.24. The van der Waals surface area contributed by atoms with Crippen LogP contribution >= 0.6 is 0 Å². The second kappa shape index (κ2) is 9.22. The molecule has 0 amide bonds. The highest BCUT2D eigenvalue weighted by Gasteiger charge is 2.14. The van der Waals surface area contributed by atoms with E-state index in [4.69, 9.17) is 0 Å². The van der Waals surface area contributed by atoms with Gasteiger partial charge in [-0.2, -0.15) is 0 Å². The van der Waals surface area contributed by atoms with Crippen molar-refractivity contribution in [2.75, 3.05) is 0 Å². The van der Waals surface area contributed by atoms with Gasteiger partial charge >= 0.3 is 0 Å². The van der Waals surface area contributed by atoms with E-state index in [9.17, 15) is 0 Å². The number of hydrogen-bond donors (Lipinski definition) is 0. The van der Waals surface area contributed by atoms with E-state index in [2.05, 4.69) is 158 Å². The molecule has 0 heterocycles. The van der Waals surface area contributed by atoms with Crippen LogP contribution in [0.4, 0.5) is 0 Å². The Bertz CT molecular complexity index is 2210. The van der Waals surface area contributed by atoms with Crippen LogP contribution in [-0.4, -0.2) is 0 Å². The average Bonchev–Trinajstić information content (AvgIpc) is 3.03. The Balaban J connectivity index is 1.40. The summed E-state index contributed by atoms with van der Waals surface area (Å²) in [7, 11) is 0. The molecule has 0 radical (unpaired) electrons. The van der Waals surface area contributed by atoms with E-state index in [0.29, 0.717) is 0 Å². The molecule has 0 bridgehead atoms. The summed E-state index contributed by atoms with van der Waals surface area (Å²) in [5.41, 5.74) is 7.50. The highest BCUT2D eigenvalue weighted by molar-refractivity contribution is 6.11. The Morgan fingerprint density at radius 2 is 0.750 bits per heavy atom. The Morgan fingerprint density at radius 1 is 0.225 bits per heavy atom. The fraction of sp³-hybridized carbons (Fsp3) is 0. The van der Waals surface area contributed by atoms with Crippen LogP contribution in [-0.2, 0) is 0 Å². The molecule has 8 aromatic carbocycles. The smallest absolute Gasteiger partial charge is 0.00928 e. The van der Waals surface area contributed by atoms with Crippen molar-refractivity contribution in [1.82, 2.24) is 0 Å². The molecule has 0 N–H and O–H groups in total. The van der Waals surface area contributed by atoms with Crippen LogP contribution in [0.2, 0.25) is 0 Å². The summed E-state index contributed by atoms with van der Waals surface area (Å²) in [6.07, 6.45) is 0. The average molecular weight is 507 g/mol. The van der Waals surface area contributed by atoms with Crippen LogP contribution in [0.1, 0.15) is 0 Å². The lowest BCUT2D eigenvalue weighted by atomic mass is 9.88. The van der Waals surface area contributed by atoms with Gasteiger partial charge < -0.3 is 0 Å². The standard InChI is InChI=1S/C40H26/c1-3-11-30-24-32(18-16-27(30)8-1)33-20-21-38-36(34-19-17-28-9-2-4-12-31(28)25-34)22-23-39(40(38)26-33)37-15-7-13-29-10-5-6-14-35(29)37/h1-26H. The van der Waals surface area contributed by atoms with Crippen molar-refractivity contribution in [1.29, 1.82) is 0 Å². The lowest BCUT2D eigenvalue weighted by Gasteiger charge is -2.16. The van der Waals surface area contributed by atoms with Crippen LogP contribution in [0, 0.1) is 0 Å². The highest BCUT2D eigenvalue weighted by Crippen LogP contribution is 2.41. The molecule has 8 rings (SSSR count). The fourth-order valence-corrected chi connectivity index (χ4v) is 6.20. The van der Waals surface area contributed by atoms with Gasteiger partial charge in [0.2, 0.25) is 0 Å². The lowest BCUT2D eigenvalue weighted by Crippen LogP contribution is -1.89. The molecule has 0 saturated carbocycles. The second-order valence-corrected chi connectivity index (χ2v) is 10.6. The van der Waals surface area contributed by atoms with Crippen LogP contribution in [0.15, 0.2) is 158 Å². The van der Waals surface area contributed by atoms with Crippen LogP contribution in [0.25, 0.3) is 76.5 Å². The van der Waals surface area contributed by atoms with Gasteiger partial charge in [-0.25, -0.2) is 0 Å². The minimum atomic E-state index is 1.23. The normalized spacial score (nSPS) is 11.5. The highest BCUT2D eigenvalue weighted by atomic mass is 14.2. The van der Waals surface area contributed by atoms with E-state index in [-0.39, 0.29) is 0 Å². The first kappa shape index (κ1) is 22.8. The fourth-order valence-electron chi connectivity index (χ4n) is 6.20. The molecule has 0 aliphatic heterocycles. The first-order chi connectivity index (χ1) is 19.8. The summed E-state index contributed by atoms with van der Waals surface area (Å²) >= 11 is 0. The van der Waals surface area contributed by atoms with Gasteiger partial charge in [0, 0.05) is 0 Å². The van der Waals surface area contributed by atoms with Gasteiger partial charge in [0.05, 0.1) is 0 Å². The van der Waals surface area contributed by atoms with Crippen molar-refractivity contribution in [3.8, 4) is 33.4 Å². The zero-order valence-corrected chi connectivity index (χ0v) is 22.0. The second-order valence-electron chi connectivity index (χ2n) is 10.6. The van der Waals surface area contributed by atoms with Gasteiger partial charge in [-0.05, 0) is 94.7 Å². The van der Waals surface area contributed by atoms with Crippen LogP contribution in [0.3, 0.4) is 0 Å². The molecule has 0 spiro atoms. The molecule has 186 valence electrons. The summed E-state index contributed by atoms with van der Waals surface area (Å²) in [4.78, 5) is 0. The first-order valence-corrected chi connectivity index (χ1v) is 13.9. The minimum absolute atomic E-state index is 1.23. The zero-order valence-electron chi connectivity index (χ0n) is 22.0. The van der Waals surface area contributed by atoms with Gasteiger partial charge in [0.25, 0.3) is 0 Å². The third kappa shape index (κ3) is 3.77. The number of benzene rings is 8. The van der Waals surface area contributed by atoms with Gasteiger partial charge in [0.1, 0.15) is 0 Å². The van der Waals surface area contributed by atoms with Crippen LogP contribution < -0.4 is 0 Å². The number of fused-ring (bicyclic) bond motifs is 4. The quantitative estimate of drug-likeness (QED) is 0.223. The van der Waals surface area contributed by atoms with Crippen molar-refractivity contribution < 1.29 is 0 Å². The monoisotopic (exact) mass is 506 g/mol. The van der Waals surface area contributed by atoms with E-state index in [1.54, 1.807) is 0 Å². The predicted octanol–water partition coefficient (Wildman–Crippen LogP) is 11.3. The Hall–Kier alpha value is -5.20. The summed E-state index contributed by atoms with van der Waals surface area (Å²) in [5.74, 6) is 0. The van der Waals surface area contributed by atoms with E-state index in [1.807, 2.05) is 0 Å². The Kier molecular flexibility index (Phi) is 5.24. The van der Waals surface area contributed by atoms with Crippen molar-refractivity contribution >= 4 is 43.1 Å². The zero-order chi connectivity index (χ0) is 26.5. The molecule has 0 saturated heterocycles. The molecule has 0 atom stereocenters. The summed E-state index contributed by atoms with van der Waals surface area (Å²) in [6, 6.07) is 57.7. The van der Waals surface area contributed by atoms with Gasteiger partial charge in [-0.15, -0.1) is 0 Å². The molecule has 40 heavy (non-hydrogen) atoms. The maximum atomic E-state index is 2.39. The largest absolute Gasteiger partial charge is 0.0616 e. The van der Waals surface area contributed by atoms with Gasteiger partial charge in [-0.1, -0.05) is 140 Å². The van der Waals surface area contributed by atoms with E-state index in [1.165, 1.54) is 76.5 Å². The third-order valence-corrected chi connectivity index (χ3v) is 8.24. The minimum Gasteiger partial charge on any atom is -0.0616 e. The van der Waals surface area contributed by atoms with Crippen LogP contribution in [0.5, 0.6) is 0 Å². The summed E-state index contributed by atoms with van der Waals surface area (Å²) in [5, 5.41) is 10.1. The topological polar surface area (TPSA) is 0 Å². The van der Waals surface area contributed by atoms with Crippen molar-refractivity contribution in [2.45, 2.75) is 0 Å². The molecule has 0 unspecified atom stereocenters. The van der Waals surface area contributed by atoms with E-state index >= 15 is 0 Å². The SMILES string of the molecule is c1ccc2cc(-c3ccc4c(-c5ccc6ccccc6c5)ccc(-c5cccc6ccccc56)c4c3)ccc2c1. The Labute approximate surface area is 233 Å². The molecule has 0 aromatic heterocycles. The maximum Gasteiger partial charge on any atom is -0.00928 e. The predicted molar refractivity (Wildman–Crippen MR) is 173 cm³/mol. The molecule has 0 aliphatic rings. The summed E-state index contributed by atoms with van der Waals surface area (Å²) < 4.78 is 0. The van der Waals surface area contributed by atoms with Gasteiger partial charge in [-0.3, -0.25) is 0 Å². The van der Waals surface area contributed by atoms with Crippen molar-refractivity contribution in [3.05, 3.63) is 158 Å². The van der Waals surface area contributed by atoms with E-state index in [0.717, 1.165) is 0 Å². The maximum absolute atomic E-state index is 2.39.